The number of carbonyl (C=O) groups is 1. The molecule has 0 N–H and O–H groups in total. The van der Waals surface area contributed by atoms with Crippen LogP contribution >= 0.6 is 11.6 Å². The summed E-state index contributed by atoms with van der Waals surface area (Å²) < 4.78 is 54.8. The number of unbranched alkanes of at least 4 members (excludes halogenated alkanes) is 3. The molecule has 0 amide bonds. The number of rotatable bonds is 35. The normalized spacial score (nSPS) is 11.3. The first-order valence-corrected chi connectivity index (χ1v) is 15.8. The highest BCUT2D eigenvalue weighted by Gasteiger charge is 1.97. The van der Waals surface area contributed by atoms with Crippen LogP contribution in [0.3, 0.4) is 0 Å². The van der Waals surface area contributed by atoms with E-state index >= 15 is 0 Å². The molecule has 250 valence electrons. The first-order chi connectivity index (χ1) is 21.4. The second kappa shape index (κ2) is 33.5. The van der Waals surface area contributed by atoms with Gasteiger partial charge in [0, 0.05) is 18.1 Å². The Labute approximate surface area is 262 Å². The molecule has 0 atom stereocenters. The molecule has 0 aliphatic rings. The third-order valence-corrected chi connectivity index (χ3v) is 5.93. The van der Waals surface area contributed by atoms with Crippen molar-refractivity contribution < 1.29 is 52.2 Å². The molecular weight excluding hydrogens is 584 g/mol. The van der Waals surface area contributed by atoms with Crippen LogP contribution in [0.25, 0.3) is 0 Å². The number of ether oxygens (including phenoxy) is 10. The number of halogens is 1. The molecule has 1 aromatic rings. The average molecular weight is 637 g/mol. The van der Waals surface area contributed by atoms with Crippen molar-refractivity contribution in [1.82, 2.24) is 0 Å². The largest absolute Gasteiger partial charge is 0.491 e. The molecule has 1 rings (SSSR count). The fourth-order valence-electron chi connectivity index (χ4n) is 3.37. The van der Waals surface area contributed by atoms with Crippen molar-refractivity contribution in [2.75, 3.05) is 131 Å². The summed E-state index contributed by atoms with van der Waals surface area (Å²) in [5.41, 5.74) is 0.620. The van der Waals surface area contributed by atoms with Crippen LogP contribution in [-0.4, -0.2) is 138 Å². The molecule has 12 heteroatoms. The number of benzene rings is 1. The van der Waals surface area contributed by atoms with E-state index in [0.717, 1.165) is 31.6 Å². The predicted molar refractivity (Wildman–Crippen MR) is 164 cm³/mol. The highest BCUT2D eigenvalue weighted by Crippen LogP contribution is 2.10. The molecule has 0 spiro atoms. The van der Waals surface area contributed by atoms with Gasteiger partial charge < -0.3 is 47.4 Å². The van der Waals surface area contributed by atoms with Crippen LogP contribution in [0.5, 0.6) is 5.75 Å². The van der Waals surface area contributed by atoms with Gasteiger partial charge >= 0.3 is 0 Å². The van der Waals surface area contributed by atoms with Crippen LogP contribution in [0.4, 0.5) is 0 Å². The van der Waals surface area contributed by atoms with Crippen molar-refractivity contribution >= 4 is 17.9 Å². The summed E-state index contributed by atoms with van der Waals surface area (Å²) in [6, 6.07) is 6.94. The van der Waals surface area contributed by atoms with Gasteiger partial charge in [-0.05, 0) is 37.1 Å². The van der Waals surface area contributed by atoms with Crippen LogP contribution in [0.1, 0.15) is 36.0 Å². The maximum Gasteiger partial charge on any atom is 0.150 e. The summed E-state index contributed by atoms with van der Waals surface area (Å²) in [5.74, 6) is 1.45. The predicted octanol–water partition coefficient (Wildman–Crippen LogP) is 3.83. The highest BCUT2D eigenvalue weighted by molar-refractivity contribution is 6.17. The highest BCUT2D eigenvalue weighted by atomic mass is 35.5. The van der Waals surface area contributed by atoms with Crippen molar-refractivity contribution in [3.8, 4) is 5.75 Å². The topological polar surface area (TPSA) is 109 Å². The number of carbonyl (C=O) groups excluding carboxylic acids is 1. The van der Waals surface area contributed by atoms with Crippen molar-refractivity contribution in [1.29, 1.82) is 0 Å². The lowest BCUT2D eigenvalue weighted by Gasteiger charge is -2.09. The van der Waals surface area contributed by atoms with E-state index in [2.05, 4.69) is 0 Å². The Kier molecular flexibility index (Phi) is 30.9. The molecule has 0 saturated heterocycles. The standard InChI is InChI=1S/C31H53ClO11/c32-9-3-1-2-4-10-34-11-12-35-13-14-36-15-16-37-17-18-38-19-20-39-21-22-40-23-24-41-25-26-42-27-28-43-31-7-5-30(29-33)6-8-31/h5-8,29H,1-4,9-28H2. The molecule has 0 heterocycles. The van der Waals surface area contributed by atoms with Gasteiger partial charge in [-0.1, -0.05) is 12.8 Å². The summed E-state index contributed by atoms with van der Waals surface area (Å²) in [7, 11) is 0. The molecule has 0 aromatic heterocycles. The fraction of sp³-hybridized carbons (Fsp3) is 0.774. The minimum absolute atomic E-state index is 0.434. The van der Waals surface area contributed by atoms with Crippen LogP contribution in [0.2, 0.25) is 0 Å². The molecule has 0 saturated carbocycles. The van der Waals surface area contributed by atoms with E-state index < -0.39 is 0 Å². The van der Waals surface area contributed by atoms with E-state index in [1.807, 2.05) is 0 Å². The third-order valence-electron chi connectivity index (χ3n) is 5.66. The van der Waals surface area contributed by atoms with Gasteiger partial charge in [0.25, 0.3) is 0 Å². The Balaban J connectivity index is 1.64. The van der Waals surface area contributed by atoms with Gasteiger partial charge in [0.2, 0.25) is 0 Å². The number of hydrogen-bond donors (Lipinski definition) is 0. The molecule has 0 aliphatic carbocycles. The zero-order chi connectivity index (χ0) is 30.7. The zero-order valence-electron chi connectivity index (χ0n) is 25.7. The van der Waals surface area contributed by atoms with Gasteiger partial charge in [-0.25, -0.2) is 0 Å². The van der Waals surface area contributed by atoms with Gasteiger partial charge in [0.15, 0.2) is 0 Å². The van der Waals surface area contributed by atoms with Crippen molar-refractivity contribution in [2.24, 2.45) is 0 Å². The first kappa shape index (κ1) is 39.6. The van der Waals surface area contributed by atoms with Crippen molar-refractivity contribution in [3.05, 3.63) is 29.8 Å². The lowest BCUT2D eigenvalue weighted by atomic mass is 10.2. The molecule has 0 unspecified atom stereocenters. The lowest BCUT2D eigenvalue weighted by molar-refractivity contribution is -0.0254. The monoisotopic (exact) mass is 636 g/mol. The van der Waals surface area contributed by atoms with Crippen LogP contribution in [-0.2, 0) is 42.6 Å². The number of aldehydes is 1. The van der Waals surface area contributed by atoms with Crippen molar-refractivity contribution in [2.45, 2.75) is 25.7 Å². The van der Waals surface area contributed by atoms with Crippen LogP contribution in [0.15, 0.2) is 24.3 Å². The quantitative estimate of drug-likeness (QED) is 0.0616. The molecule has 0 fully saturated rings. The van der Waals surface area contributed by atoms with Gasteiger partial charge in [0.1, 0.15) is 18.6 Å². The number of alkyl halides is 1. The van der Waals surface area contributed by atoms with Gasteiger partial charge in [-0.3, -0.25) is 4.79 Å². The first-order valence-electron chi connectivity index (χ1n) is 15.3. The summed E-state index contributed by atoms with van der Waals surface area (Å²) in [6.07, 6.45) is 5.29. The Bertz CT molecular complexity index is 697. The SMILES string of the molecule is O=Cc1ccc(OCCOCCOCCOCCOCCOCCOCCOCCOCCOCCCCCCCl)cc1. The zero-order valence-corrected chi connectivity index (χ0v) is 26.5. The average Bonchev–Trinajstić information content (AvgIpc) is 3.03. The Hall–Kier alpha value is -1.38. The summed E-state index contributed by atoms with van der Waals surface area (Å²) >= 11 is 5.65. The molecule has 0 aliphatic heterocycles. The van der Waals surface area contributed by atoms with Crippen molar-refractivity contribution in [3.63, 3.8) is 0 Å². The van der Waals surface area contributed by atoms with Gasteiger partial charge in [-0.2, -0.15) is 0 Å². The molecule has 0 radical (unpaired) electrons. The molecular formula is C31H53ClO11. The minimum atomic E-state index is 0.434. The second-order valence-electron chi connectivity index (χ2n) is 9.15. The van der Waals surface area contributed by atoms with E-state index in [4.69, 9.17) is 59.0 Å². The third kappa shape index (κ3) is 29.1. The van der Waals surface area contributed by atoms with Crippen LogP contribution < -0.4 is 4.74 Å². The van der Waals surface area contributed by atoms with Gasteiger partial charge in [0.05, 0.1) is 112 Å². The Morgan fingerprint density at radius 2 is 0.744 bits per heavy atom. The van der Waals surface area contributed by atoms with Gasteiger partial charge in [-0.15, -0.1) is 11.6 Å². The molecule has 1 aromatic carbocycles. The minimum Gasteiger partial charge on any atom is -0.491 e. The molecule has 0 bridgehead atoms. The van der Waals surface area contributed by atoms with E-state index in [-0.39, 0.29) is 0 Å². The van der Waals surface area contributed by atoms with Crippen LogP contribution in [0, 0.1) is 0 Å². The van der Waals surface area contributed by atoms with E-state index in [0.29, 0.717) is 130 Å². The van der Waals surface area contributed by atoms with E-state index in [1.165, 1.54) is 12.8 Å². The molecule has 11 nitrogen and oxygen atoms in total. The van der Waals surface area contributed by atoms with E-state index in [9.17, 15) is 4.79 Å². The summed E-state index contributed by atoms with van der Waals surface area (Å²) in [6.45, 7) is 10.1. The number of hydrogen-bond acceptors (Lipinski definition) is 11. The Morgan fingerprint density at radius 3 is 1.09 bits per heavy atom. The van der Waals surface area contributed by atoms with E-state index in [1.54, 1.807) is 24.3 Å². The maximum atomic E-state index is 10.6. The molecule has 43 heavy (non-hydrogen) atoms. The smallest absolute Gasteiger partial charge is 0.150 e. The summed E-state index contributed by atoms with van der Waals surface area (Å²) in [4.78, 5) is 10.6. The lowest BCUT2D eigenvalue weighted by Crippen LogP contribution is -2.15. The fourth-order valence-corrected chi connectivity index (χ4v) is 3.56. The Morgan fingerprint density at radius 1 is 0.419 bits per heavy atom. The maximum absolute atomic E-state index is 10.6. The summed E-state index contributed by atoms with van der Waals surface area (Å²) in [5, 5.41) is 0. The second-order valence-corrected chi connectivity index (χ2v) is 9.53.